The summed E-state index contributed by atoms with van der Waals surface area (Å²) in [6, 6.07) is 14.6. The smallest absolute Gasteiger partial charge is 0.255 e. The zero-order valence-electron chi connectivity index (χ0n) is 14.8. The summed E-state index contributed by atoms with van der Waals surface area (Å²) in [7, 11) is 0. The molecule has 0 aliphatic carbocycles. The molecule has 1 aliphatic rings. The van der Waals surface area contributed by atoms with Crippen molar-refractivity contribution in [3.63, 3.8) is 0 Å². The Balaban J connectivity index is 1.41. The van der Waals surface area contributed by atoms with Crippen LogP contribution >= 0.6 is 34.8 Å². The maximum absolute atomic E-state index is 12.7. The molecule has 1 saturated heterocycles. The van der Waals surface area contributed by atoms with Crippen LogP contribution in [0.15, 0.2) is 48.5 Å². The third kappa shape index (κ3) is 3.97. The van der Waals surface area contributed by atoms with Gasteiger partial charge in [0, 0.05) is 42.3 Å². The fraction of sp³-hybridized carbons (Fsp3) is 0.200. The first kappa shape index (κ1) is 19.1. The molecule has 5 nitrogen and oxygen atoms in total. The predicted molar refractivity (Wildman–Crippen MR) is 114 cm³/mol. The largest absolute Gasteiger partial charge is 0.352 e. The first-order valence-electron chi connectivity index (χ1n) is 8.82. The number of hydrogen-bond donors (Lipinski definition) is 1. The van der Waals surface area contributed by atoms with Gasteiger partial charge in [0.1, 0.15) is 0 Å². The standard InChI is InChI=1S/C20H17Cl3N4O/c21-14-3-1-13(2-4-14)18-12-19(25-24-18)26-7-9-27(10-8-26)20(28)16-6-5-15(22)11-17(16)23/h1-6,11-12H,7-10H2,(H,24,25). The Morgan fingerprint density at radius 3 is 2.25 bits per heavy atom. The molecule has 0 unspecified atom stereocenters. The minimum absolute atomic E-state index is 0.0785. The topological polar surface area (TPSA) is 52.2 Å². The number of piperazine rings is 1. The van der Waals surface area contributed by atoms with Crippen molar-refractivity contribution in [2.24, 2.45) is 0 Å². The number of nitrogens with one attached hydrogen (secondary N) is 1. The van der Waals surface area contributed by atoms with Crippen LogP contribution < -0.4 is 4.90 Å². The molecule has 1 aliphatic heterocycles. The van der Waals surface area contributed by atoms with Gasteiger partial charge in [-0.2, -0.15) is 5.10 Å². The van der Waals surface area contributed by atoms with Gasteiger partial charge in [0.25, 0.3) is 5.91 Å². The maximum atomic E-state index is 12.7. The summed E-state index contributed by atoms with van der Waals surface area (Å²) in [5.74, 6) is 0.784. The van der Waals surface area contributed by atoms with E-state index in [0.717, 1.165) is 17.1 Å². The Kier molecular flexibility index (Phi) is 5.49. The van der Waals surface area contributed by atoms with Crippen LogP contribution in [0.1, 0.15) is 10.4 Å². The van der Waals surface area contributed by atoms with Crippen LogP contribution in [0.25, 0.3) is 11.3 Å². The van der Waals surface area contributed by atoms with Crippen LogP contribution in [0.2, 0.25) is 15.1 Å². The van der Waals surface area contributed by atoms with Gasteiger partial charge in [-0.3, -0.25) is 9.89 Å². The second-order valence-electron chi connectivity index (χ2n) is 6.55. The van der Waals surface area contributed by atoms with Crippen molar-refractivity contribution >= 4 is 46.5 Å². The molecular formula is C20H17Cl3N4O. The van der Waals surface area contributed by atoms with E-state index in [9.17, 15) is 4.79 Å². The molecule has 1 fully saturated rings. The molecule has 4 rings (SSSR count). The van der Waals surface area contributed by atoms with Crippen molar-refractivity contribution in [3.05, 3.63) is 69.2 Å². The Bertz CT molecular complexity index is 995. The molecule has 2 heterocycles. The monoisotopic (exact) mass is 434 g/mol. The van der Waals surface area contributed by atoms with Gasteiger partial charge < -0.3 is 9.80 Å². The van der Waals surface area contributed by atoms with E-state index in [0.29, 0.717) is 46.8 Å². The van der Waals surface area contributed by atoms with Crippen molar-refractivity contribution in [2.75, 3.05) is 31.1 Å². The Morgan fingerprint density at radius 2 is 1.57 bits per heavy atom. The lowest BCUT2D eigenvalue weighted by Crippen LogP contribution is -2.49. The van der Waals surface area contributed by atoms with E-state index < -0.39 is 0 Å². The SMILES string of the molecule is O=C(c1ccc(Cl)cc1Cl)N1CCN(c2cc(-c3ccc(Cl)cc3)[nH]n2)CC1. The van der Waals surface area contributed by atoms with Gasteiger partial charge >= 0.3 is 0 Å². The summed E-state index contributed by atoms with van der Waals surface area (Å²) in [5, 5.41) is 9.07. The number of halogens is 3. The maximum Gasteiger partial charge on any atom is 0.255 e. The number of rotatable bonds is 3. The summed E-state index contributed by atoms with van der Waals surface area (Å²) in [6.07, 6.45) is 0. The van der Waals surface area contributed by atoms with Crippen molar-refractivity contribution < 1.29 is 4.79 Å². The van der Waals surface area contributed by atoms with Gasteiger partial charge in [-0.05, 0) is 35.9 Å². The van der Waals surface area contributed by atoms with Gasteiger partial charge in [-0.15, -0.1) is 0 Å². The fourth-order valence-corrected chi connectivity index (χ4v) is 3.84. The molecule has 8 heteroatoms. The number of aromatic amines is 1. The molecule has 2 aromatic carbocycles. The number of carbonyl (C=O) groups is 1. The summed E-state index contributed by atoms with van der Waals surface area (Å²) in [6.45, 7) is 2.59. The molecule has 0 saturated carbocycles. The molecule has 1 aromatic heterocycles. The molecule has 0 bridgehead atoms. The number of nitrogens with zero attached hydrogens (tertiary/aromatic N) is 3. The van der Waals surface area contributed by atoms with Crippen LogP contribution in [0.5, 0.6) is 0 Å². The van der Waals surface area contributed by atoms with Gasteiger partial charge in [-0.25, -0.2) is 0 Å². The highest BCUT2D eigenvalue weighted by Crippen LogP contribution is 2.26. The second kappa shape index (κ2) is 8.03. The summed E-state index contributed by atoms with van der Waals surface area (Å²) >= 11 is 18.0. The molecule has 1 amide bonds. The van der Waals surface area contributed by atoms with Gasteiger partial charge in [0.05, 0.1) is 16.3 Å². The highest BCUT2D eigenvalue weighted by molar-refractivity contribution is 6.36. The molecule has 0 atom stereocenters. The van der Waals surface area contributed by atoms with Crippen LogP contribution in [-0.2, 0) is 0 Å². The van der Waals surface area contributed by atoms with E-state index in [1.54, 1.807) is 23.1 Å². The Labute approximate surface area is 177 Å². The van der Waals surface area contributed by atoms with Crippen LogP contribution in [-0.4, -0.2) is 47.2 Å². The first-order valence-corrected chi connectivity index (χ1v) is 9.95. The zero-order chi connectivity index (χ0) is 19.7. The number of amides is 1. The molecule has 0 spiro atoms. The molecule has 3 aromatic rings. The minimum Gasteiger partial charge on any atom is -0.352 e. The molecule has 144 valence electrons. The van der Waals surface area contributed by atoms with Crippen LogP contribution in [0.3, 0.4) is 0 Å². The van der Waals surface area contributed by atoms with E-state index in [1.165, 1.54) is 0 Å². The Morgan fingerprint density at radius 1 is 0.893 bits per heavy atom. The number of benzene rings is 2. The third-order valence-corrected chi connectivity index (χ3v) is 5.57. The average Bonchev–Trinajstić information content (AvgIpc) is 3.18. The van der Waals surface area contributed by atoms with E-state index in [4.69, 9.17) is 34.8 Å². The summed E-state index contributed by atoms with van der Waals surface area (Å²) in [4.78, 5) is 16.7. The van der Waals surface area contributed by atoms with E-state index in [-0.39, 0.29) is 5.91 Å². The molecule has 1 N–H and O–H groups in total. The lowest BCUT2D eigenvalue weighted by molar-refractivity contribution is 0.0746. The number of H-pyrrole nitrogens is 1. The van der Waals surface area contributed by atoms with E-state index in [1.807, 2.05) is 30.3 Å². The predicted octanol–water partition coefficient (Wildman–Crippen LogP) is 5.00. The first-order chi connectivity index (χ1) is 13.5. The fourth-order valence-electron chi connectivity index (χ4n) is 3.22. The van der Waals surface area contributed by atoms with Crippen molar-refractivity contribution in [1.29, 1.82) is 0 Å². The third-order valence-electron chi connectivity index (χ3n) is 4.77. The minimum atomic E-state index is -0.0785. The van der Waals surface area contributed by atoms with Gasteiger partial charge in [0.15, 0.2) is 5.82 Å². The summed E-state index contributed by atoms with van der Waals surface area (Å²) in [5.41, 5.74) is 2.43. The molecule has 28 heavy (non-hydrogen) atoms. The number of anilines is 1. The summed E-state index contributed by atoms with van der Waals surface area (Å²) < 4.78 is 0. The highest BCUT2D eigenvalue weighted by atomic mass is 35.5. The zero-order valence-corrected chi connectivity index (χ0v) is 17.1. The number of carbonyl (C=O) groups excluding carboxylic acids is 1. The van der Waals surface area contributed by atoms with E-state index >= 15 is 0 Å². The lowest BCUT2D eigenvalue weighted by atomic mass is 10.1. The van der Waals surface area contributed by atoms with Crippen molar-refractivity contribution in [3.8, 4) is 11.3 Å². The average molecular weight is 436 g/mol. The lowest BCUT2D eigenvalue weighted by Gasteiger charge is -2.35. The van der Waals surface area contributed by atoms with Crippen molar-refractivity contribution in [2.45, 2.75) is 0 Å². The number of hydrogen-bond acceptors (Lipinski definition) is 3. The number of aromatic nitrogens is 2. The quantitative estimate of drug-likeness (QED) is 0.630. The normalized spacial score (nSPS) is 14.4. The Hall–Kier alpha value is -2.21. The highest BCUT2D eigenvalue weighted by Gasteiger charge is 2.25. The molecule has 0 radical (unpaired) electrons. The van der Waals surface area contributed by atoms with Crippen LogP contribution in [0.4, 0.5) is 5.82 Å². The van der Waals surface area contributed by atoms with Crippen molar-refractivity contribution in [1.82, 2.24) is 15.1 Å². The van der Waals surface area contributed by atoms with Gasteiger partial charge in [0.2, 0.25) is 0 Å². The second-order valence-corrected chi connectivity index (χ2v) is 7.83. The van der Waals surface area contributed by atoms with Gasteiger partial charge in [-0.1, -0.05) is 46.9 Å². The van der Waals surface area contributed by atoms with E-state index in [2.05, 4.69) is 15.1 Å². The van der Waals surface area contributed by atoms with Crippen LogP contribution in [0, 0.1) is 0 Å². The molecular weight excluding hydrogens is 419 g/mol.